The smallest absolute Gasteiger partial charge is 0.240 e. The number of pyridine rings is 1. The first-order chi connectivity index (χ1) is 13.8. The fourth-order valence-electron chi connectivity index (χ4n) is 2.97. The van der Waals surface area contributed by atoms with E-state index in [1.165, 1.54) is 0 Å². The molecular formula is C22H20N4O2. The number of rotatable bonds is 7. The molecule has 0 aliphatic heterocycles. The molecule has 28 heavy (non-hydrogen) atoms. The summed E-state index contributed by atoms with van der Waals surface area (Å²) >= 11 is 0. The lowest BCUT2D eigenvalue weighted by Gasteiger charge is -2.11. The average Bonchev–Trinajstić information content (AvgIpc) is 3.10. The Balaban J connectivity index is 1.50. The summed E-state index contributed by atoms with van der Waals surface area (Å²) in [5, 5.41) is 2.91. The molecule has 140 valence electrons. The van der Waals surface area contributed by atoms with Crippen molar-refractivity contribution in [1.82, 2.24) is 19.9 Å². The van der Waals surface area contributed by atoms with Crippen LogP contribution in [-0.2, 0) is 24.5 Å². The van der Waals surface area contributed by atoms with Crippen molar-refractivity contribution in [1.29, 1.82) is 0 Å². The Morgan fingerprint density at radius 2 is 1.75 bits per heavy atom. The molecule has 6 heteroatoms. The van der Waals surface area contributed by atoms with Crippen LogP contribution in [0.15, 0.2) is 79.0 Å². The molecule has 0 atom stereocenters. The molecule has 2 heterocycles. The van der Waals surface area contributed by atoms with Gasteiger partial charge < -0.3 is 14.6 Å². The zero-order chi connectivity index (χ0) is 19.2. The van der Waals surface area contributed by atoms with Gasteiger partial charge in [-0.25, -0.2) is 4.98 Å². The zero-order valence-electron chi connectivity index (χ0n) is 15.3. The lowest BCUT2D eigenvalue weighted by atomic mass is 10.3. The number of hydrogen-bond donors (Lipinski definition) is 1. The molecule has 4 aromatic rings. The standard InChI is InChI=1S/C22H20N4O2/c27-22(24-14-17-8-6-7-13-23-17)15-26-20-12-5-4-11-19(20)25-21(26)16-28-18-9-2-1-3-10-18/h1-13H,14-16H2,(H,24,27). The average molecular weight is 372 g/mol. The zero-order valence-corrected chi connectivity index (χ0v) is 15.3. The van der Waals surface area contributed by atoms with E-state index in [1.54, 1.807) is 6.20 Å². The van der Waals surface area contributed by atoms with Crippen LogP contribution in [-0.4, -0.2) is 20.4 Å². The third-order valence-electron chi connectivity index (χ3n) is 4.34. The Morgan fingerprint density at radius 1 is 0.964 bits per heavy atom. The van der Waals surface area contributed by atoms with E-state index >= 15 is 0 Å². The quantitative estimate of drug-likeness (QED) is 0.540. The number of hydrogen-bond acceptors (Lipinski definition) is 4. The summed E-state index contributed by atoms with van der Waals surface area (Å²) in [6.07, 6.45) is 1.71. The van der Waals surface area contributed by atoms with E-state index in [1.807, 2.05) is 77.4 Å². The van der Waals surface area contributed by atoms with Gasteiger partial charge in [-0.15, -0.1) is 0 Å². The molecule has 0 bridgehead atoms. The fraction of sp³-hybridized carbons (Fsp3) is 0.136. The lowest BCUT2D eigenvalue weighted by molar-refractivity contribution is -0.121. The highest BCUT2D eigenvalue weighted by Gasteiger charge is 2.14. The van der Waals surface area contributed by atoms with Gasteiger partial charge in [0, 0.05) is 6.20 Å². The molecule has 0 saturated heterocycles. The molecular weight excluding hydrogens is 352 g/mol. The molecule has 0 saturated carbocycles. The van der Waals surface area contributed by atoms with Crippen molar-refractivity contribution in [2.45, 2.75) is 19.7 Å². The largest absolute Gasteiger partial charge is 0.486 e. The van der Waals surface area contributed by atoms with E-state index in [9.17, 15) is 4.79 Å². The van der Waals surface area contributed by atoms with Crippen molar-refractivity contribution in [3.8, 4) is 5.75 Å². The number of carbonyl (C=O) groups is 1. The van der Waals surface area contributed by atoms with Crippen LogP contribution in [0.1, 0.15) is 11.5 Å². The van der Waals surface area contributed by atoms with Crippen LogP contribution in [0.25, 0.3) is 11.0 Å². The Hall–Kier alpha value is -3.67. The number of fused-ring (bicyclic) bond motifs is 1. The molecule has 1 amide bonds. The molecule has 0 radical (unpaired) electrons. The molecule has 0 aliphatic carbocycles. The minimum atomic E-state index is -0.102. The van der Waals surface area contributed by atoms with E-state index in [4.69, 9.17) is 4.74 Å². The number of amides is 1. The number of carbonyl (C=O) groups excluding carboxylic acids is 1. The Morgan fingerprint density at radius 3 is 2.57 bits per heavy atom. The van der Waals surface area contributed by atoms with Crippen LogP contribution in [0, 0.1) is 0 Å². The van der Waals surface area contributed by atoms with Gasteiger partial charge in [-0.1, -0.05) is 36.4 Å². The highest BCUT2D eigenvalue weighted by Crippen LogP contribution is 2.18. The van der Waals surface area contributed by atoms with Crippen LogP contribution in [0.2, 0.25) is 0 Å². The van der Waals surface area contributed by atoms with Crippen molar-refractivity contribution in [2.75, 3.05) is 0 Å². The first-order valence-electron chi connectivity index (χ1n) is 9.08. The summed E-state index contributed by atoms with van der Waals surface area (Å²) < 4.78 is 7.74. The molecule has 2 aromatic heterocycles. The van der Waals surface area contributed by atoms with E-state index in [0.29, 0.717) is 12.4 Å². The molecule has 6 nitrogen and oxygen atoms in total. The van der Waals surface area contributed by atoms with Gasteiger partial charge in [0.2, 0.25) is 5.91 Å². The molecule has 1 N–H and O–H groups in total. The van der Waals surface area contributed by atoms with Crippen LogP contribution < -0.4 is 10.1 Å². The fourth-order valence-corrected chi connectivity index (χ4v) is 2.97. The Labute approximate surface area is 162 Å². The summed E-state index contributed by atoms with van der Waals surface area (Å²) in [4.78, 5) is 21.4. The molecule has 0 unspecified atom stereocenters. The van der Waals surface area contributed by atoms with E-state index in [2.05, 4.69) is 15.3 Å². The third-order valence-corrected chi connectivity index (χ3v) is 4.34. The second-order valence-corrected chi connectivity index (χ2v) is 6.30. The van der Waals surface area contributed by atoms with Gasteiger partial charge in [-0.2, -0.15) is 0 Å². The lowest BCUT2D eigenvalue weighted by Crippen LogP contribution is -2.28. The van der Waals surface area contributed by atoms with Crippen molar-refractivity contribution in [2.24, 2.45) is 0 Å². The molecule has 0 fully saturated rings. The topological polar surface area (TPSA) is 69.0 Å². The van der Waals surface area contributed by atoms with Gasteiger partial charge in [0.05, 0.1) is 23.3 Å². The molecule has 4 rings (SSSR count). The van der Waals surface area contributed by atoms with Crippen molar-refractivity contribution < 1.29 is 9.53 Å². The normalized spacial score (nSPS) is 10.7. The number of benzene rings is 2. The minimum Gasteiger partial charge on any atom is -0.486 e. The number of nitrogens with zero attached hydrogens (tertiary/aromatic N) is 3. The maximum absolute atomic E-state index is 12.5. The van der Waals surface area contributed by atoms with Gasteiger partial charge in [0.15, 0.2) is 0 Å². The molecule has 0 spiro atoms. The summed E-state index contributed by atoms with van der Waals surface area (Å²) in [6, 6.07) is 23.0. The van der Waals surface area contributed by atoms with Crippen molar-refractivity contribution in [3.05, 3.63) is 90.5 Å². The summed E-state index contributed by atoms with van der Waals surface area (Å²) in [5.74, 6) is 1.37. The molecule has 2 aromatic carbocycles. The Kier molecular flexibility index (Phi) is 5.29. The van der Waals surface area contributed by atoms with Gasteiger partial charge in [-0.3, -0.25) is 9.78 Å². The van der Waals surface area contributed by atoms with Gasteiger partial charge in [0.25, 0.3) is 0 Å². The van der Waals surface area contributed by atoms with Crippen LogP contribution in [0.4, 0.5) is 0 Å². The van der Waals surface area contributed by atoms with E-state index in [-0.39, 0.29) is 19.1 Å². The number of para-hydroxylation sites is 3. The van der Waals surface area contributed by atoms with Crippen LogP contribution >= 0.6 is 0 Å². The van der Waals surface area contributed by atoms with E-state index in [0.717, 1.165) is 22.5 Å². The summed E-state index contributed by atoms with van der Waals surface area (Å²) in [6.45, 7) is 0.842. The second kappa shape index (κ2) is 8.35. The predicted octanol–water partition coefficient (Wildman–Crippen LogP) is 3.33. The minimum absolute atomic E-state index is 0.102. The Bertz CT molecular complexity index is 1060. The maximum Gasteiger partial charge on any atom is 0.240 e. The van der Waals surface area contributed by atoms with E-state index < -0.39 is 0 Å². The number of imidazole rings is 1. The SMILES string of the molecule is O=C(Cn1c(COc2ccccc2)nc2ccccc21)NCc1ccccn1. The van der Waals surface area contributed by atoms with Gasteiger partial charge in [-0.05, 0) is 36.4 Å². The number of nitrogens with one attached hydrogen (secondary N) is 1. The van der Waals surface area contributed by atoms with Crippen molar-refractivity contribution >= 4 is 16.9 Å². The second-order valence-electron chi connectivity index (χ2n) is 6.30. The highest BCUT2D eigenvalue weighted by atomic mass is 16.5. The summed E-state index contributed by atoms with van der Waals surface area (Å²) in [7, 11) is 0. The highest BCUT2D eigenvalue weighted by molar-refractivity contribution is 5.81. The number of aromatic nitrogens is 3. The predicted molar refractivity (Wildman–Crippen MR) is 107 cm³/mol. The third kappa shape index (κ3) is 4.17. The van der Waals surface area contributed by atoms with Crippen LogP contribution in [0.3, 0.4) is 0 Å². The first kappa shape index (κ1) is 17.7. The maximum atomic E-state index is 12.5. The monoisotopic (exact) mass is 372 g/mol. The first-order valence-corrected chi connectivity index (χ1v) is 9.08. The van der Waals surface area contributed by atoms with Crippen molar-refractivity contribution in [3.63, 3.8) is 0 Å². The van der Waals surface area contributed by atoms with Gasteiger partial charge >= 0.3 is 0 Å². The van der Waals surface area contributed by atoms with Crippen LogP contribution in [0.5, 0.6) is 5.75 Å². The summed E-state index contributed by atoms with van der Waals surface area (Å²) in [5.41, 5.74) is 2.56. The van der Waals surface area contributed by atoms with Gasteiger partial charge in [0.1, 0.15) is 24.7 Å². The molecule has 0 aliphatic rings. The number of ether oxygens (including phenoxy) is 1.